The first-order valence-corrected chi connectivity index (χ1v) is 5.69. The fourth-order valence-corrected chi connectivity index (χ4v) is 1.88. The highest BCUT2D eigenvalue weighted by atomic mass is 28.2. The van der Waals surface area contributed by atoms with Gasteiger partial charge in [0, 0.05) is 9.52 Å². The predicted octanol–water partition coefficient (Wildman–Crippen LogP) is 3.29. The molecule has 0 saturated heterocycles. The third-order valence-corrected chi connectivity index (χ3v) is 2.60. The Morgan fingerprint density at radius 3 is 2.60 bits per heavy atom. The van der Waals surface area contributed by atoms with E-state index in [4.69, 9.17) is 0 Å². The third-order valence-electron chi connectivity index (χ3n) is 1.37. The van der Waals surface area contributed by atoms with Gasteiger partial charge in [0.2, 0.25) is 0 Å². The highest BCUT2D eigenvalue weighted by Gasteiger charge is 1.84. The number of hydrogen-bond donors (Lipinski definition) is 0. The van der Waals surface area contributed by atoms with Crippen molar-refractivity contribution < 1.29 is 0 Å². The largest absolute Gasteiger partial charge is 0.0916 e. The van der Waals surface area contributed by atoms with Crippen LogP contribution < -0.4 is 0 Å². The predicted molar refractivity (Wildman–Crippen MR) is 49.7 cm³/mol. The Balaban J connectivity index is 2.83. The zero-order chi connectivity index (χ0) is 7.66. The summed E-state index contributed by atoms with van der Waals surface area (Å²) < 4.78 is 0. The molecule has 0 rings (SSSR count). The molecular weight excluding hydrogens is 136 g/mol. The van der Waals surface area contributed by atoms with Gasteiger partial charge in [-0.3, -0.25) is 0 Å². The summed E-state index contributed by atoms with van der Waals surface area (Å²) in [6, 6.07) is 2.75. The van der Waals surface area contributed by atoms with Crippen LogP contribution in [0.2, 0.25) is 12.1 Å². The molecule has 58 valence electrons. The summed E-state index contributed by atoms with van der Waals surface area (Å²) in [5.41, 5.74) is 0. The zero-order valence-corrected chi connectivity index (χ0v) is 8.19. The molecule has 0 heterocycles. The Labute approximate surface area is 67.5 Å². The lowest BCUT2D eigenvalue weighted by atomic mass is 10.4. The van der Waals surface area contributed by atoms with Gasteiger partial charge in [0.25, 0.3) is 0 Å². The average Bonchev–Trinajstić information content (AvgIpc) is 1.97. The SMILES string of the molecule is CC/C=C/C[Si]CCCC. The summed E-state index contributed by atoms with van der Waals surface area (Å²) in [6.45, 7) is 4.44. The summed E-state index contributed by atoms with van der Waals surface area (Å²) in [5.74, 6) is 0. The molecule has 2 radical (unpaired) electrons. The lowest BCUT2D eigenvalue weighted by Crippen LogP contribution is -1.84. The summed E-state index contributed by atoms with van der Waals surface area (Å²) in [4.78, 5) is 0. The summed E-state index contributed by atoms with van der Waals surface area (Å²) in [6.07, 6.45) is 8.54. The molecule has 0 fully saturated rings. The standard InChI is InChI=1S/C9H18Si/c1-3-5-7-9-10-8-6-4-2/h5,7H,3-4,6,8-9H2,1-2H3/b7-5+. The molecule has 0 aromatic heterocycles. The van der Waals surface area contributed by atoms with E-state index in [1.165, 1.54) is 31.4 Å². The topological polar surface area (TPSA) is 0 Å². The quantitative estimate of drug-likeness (QED) is 0.313. The summed E-state index contributed by atoms with van der Waals surface area (Å²) >= 11 is 0. The van der Waals surface area contributed by atoms with Crippen molar-refractivity contribution in [2.24, 2.45) is 0 Å². The first-order chi connectivity index (χ1) is 4.91. The molecule has 0 saturated carbocycles. The van der Waals surface area contributed by atoms with Crippen LogP contribution in [-0.2, 0) is 0 Å². The Bertz CT molecular complexity index is 76.8. The van der Waals surface area contributed by atoms with E-state index in [9.17, 15) is 0 Å². The minimum Gasteiger partial charge on any atom is -0.0916 e. The Kier molecular flexibility index (Phi) is 8.92. The molecule has 0 unspecified atom stereocenters. The molecule has 1 heteroatoms. The van der Waals surface area contributed by atoms with Crippen LogP contribution in [-0.4, -0.2) is 9.52 Å². The molecule has 0 aromatic carbocycles. The average molecular weight is 154 g/mol. The van der Waals surface area contributed by atoms with E-state index >= 15 is 0 Å². The molecular formula is C9H18Si. The van der Waals surface area contributed by atoms with Gasteiger partial charge in [-0.05, 0) is 12.5 Å². The fourth-order valence-electron chi connectivity index (χ4n) is 0.737. The first kappa shape index (κ1) is 9.96. The molecule has 0 aliphatic rings. The fraction of sp³-hybridized carbons (Fsp3) is 0.778. The maximum Gasteiger partial charge on any atom is 0.0420 e. The first-order valence-electron chi connectivity index (χ1n) is 4.27. The van der Waals surface area contributed by atoms with Crippen molar-refractivity contribution in [2.45, 2.75) is 45.2 Å². The van der Waals surface area contributed by atoms with Crippen LogP contribution in [0, 0.1) is 0 Å². The van der Waals surface area contributed by atoms with E-state index < -0.39 is 0 Å². The number of hydrogen-bond acceptors (Lipinski definition) is 0. The number of allylic oxidation sites excluding steroid dienone is 2. The lowest BCUT2D eigenvalue weighted by molar-refractivity contribution is 0.878. The van der Waals surface area contributed by atoms with E-state index in [2.05, 4.69) is 26.0 Å². The summed E-state index contributed by atoms with van der Waals surface area (Å²) in [5, 5.41) is 0. The maximum absolute atomic E-state index is 2.31. The van der Waals surface area contributed by atoms with Crippen molar-refractivity contribution in [3.8, 4) is 0 Å². The smallest absolute Gasteiger partial charge is 0.0420 e. The Morgan fingerprint density at radius 1 is 1.20 bits per heavy atom. The van der Waals surface area contributed by atoms with Crippen molar-refractivity contribution in [1.82, 2.24) is 0 Å². The summed E-state index contributed by atoms with van der Waals surface area (Å²) in [7, 11) is 1.16. The molecule has 10 heavy (non-hydrogen) atoms. The van der Waals surface area contributed by atoms with Crippen LogP contribution in [0.4, 0.5) is 0 Å². The Morgan fingerprint density at radius 2 is 2.00 bits per heavy atom. The van der Waals surface area contributed by atoms with Crippen molar-refractivity contribution in [3.05, 3.63) is 12.2 Å². The number of unbranched alkanes of at least 4 members (excludes halogenated alkanes) is 1. The van der Waals surface area contributed by atoms with Crippen molar-refractivity contribution >= 4 is 9.52 Å². The van der Waals surface area contributed by atoms with E-state index in [1.807, 2.05) is 0 Å². The van der Waals surface area contributed by atoms with Gasteiger partial charge >= 0.3 is 0 Å². The van der Waals surface area contributed by atoms with Crippen LogP contribution in [0.25, 0.3) is 0 Å². The molecule has 0 nitrogen and oxygen atoms in total. The van der Waals surface area contributed by atoms with E-state index in [1.54, 1.807) is 0 Å². The van der Waals surface area contributed by atoms with Crippen LogP contribution >= 0.6 is 0 Å². The normalized spacial score (nSPS) is 11.0. The monoisotopic (exact) mass is 154 g/mol. The van der Waals surface area contributed by atoms with Gasteiger partial charge in [0.1, 0.15) is 0 Å². The third kappa shape index (κ3) is 7.96. The molecule has 0 spiro atoms. The van der Waals surface area contributed by atoms with E-state index in [-0.39, 0.29) is 0 Å². The second-order valence-corrected chi connectivity index (χ2v) is 3.85. The number of rotatable bonds is 6. The van der Waals surface area contributed by atoms with Crippen LogP contribution in [0.5, 0.6) is 0 Å². The second kappa shape index (κ2) is 8.96. The van der Waals surface area contributed by atoms with Gasteiger partial charge in [0.15, 0.2) is 0 Å². The van der Waals surface area contributed by atoms with E-state index in [0.717, 1.165) is 9.52 Å². The highest BCUT2D eigenvalue weighted by molar-refractivity contribution is 6.36. The minimum atomic E-state index is 1.16. The highest BCUT2D eigenvalue weighted by Crippen LogP contribution is 1.96. The molecule has 0 N–H and O–H groups in total. The van der Waals surface area contributed by atoms with Gasteiger partial charge in [-0.25, -0.2) is 0 Å². The van der Waals surface area contributed by atoms with Crippen LogP contribution in [0.1, 0.15) is 33.1 Å². The van der Waals surface area contributed by atoms with Gasteiger partial charge < -0.3 is 0 Å². The van der Waals surface area contributed by atoms with Gasteiger partial charge in [-0.1, -0.05) is 44.9 Å². The van der Waals surface area contributed by atoms with Gasteiger partial charge in [-0.2, -0.15) is 0 Å². The van der Waals surface area contributed by atoms with Crippen molar-refractivity contribution in [1.29, 1.82) is 0 Å². The Hall–Kier alpha value is -0.0431. The maximum atomic E-state index is 2.31. The lowest BCUT2D eigenvalue weighted by Gasteiger charge is -1.91. The van der Waals surface area contributed by atoms with Crippen LogP contribution in [0.3, 0.4) is 0 Å². The van der Waals surface area contributed by atoms with Gasteiger partial charge in [-0.15, -0.1) is 0 Å². The molecule has 0 amide bonds. The molecule has 0 aliphatic heterocycles. The minimum absolute atomic E-state index is 1.16. The van der Waals surface area contributed by atoms with E-state index in [0.29, 0.717) is 0 Å². The molecule has 0 bridgehead atoms. The van der Waals surface area contributed by atoms with Crippen molar-refractivity contribution in [2.75, 3.05) is 0 Å². The molecule has 0 aliphatic carbocycles. The molecule has 0 atom stereocenters. The molecule has 0 aromatic rings. The zero-order valence-electron chi connectivity index (χ0n) is 7.19. The van der Waals surface area contributed by atoms with Gasteiger partial charge in [0.05, 0.1) is 0 Å². The van der Waals surface area contributed by atoms with Crippen molar-refractivity contribution in [3.63, 3.8) is 0 Å². The van der Waals surface area contributed by atoms with Crippen LogP contribution in [0.15, 0.2) is 12.2 Å². The second-order valence-electron chi connectivity index (χ2n) is 2.44.